The van der Waals surface area contributed by atoms with Gasteiger partial charge in [0, 0.05) is 16.2 Å². The fraction of sp³-hybridized carbons (Fsp3) is 0.300. The van der Waals surface area contributed by atoms with E-state index >= 15 is 0 Å². The van der Waals surface area contributed by atoms with Gasteiger partial charge in [-0.1, -0.05) is 11.6 Å². The van der Waals surface area contributed by atoms with Crippen LogP contribution in [-0.2, 0) is 0 Å². The highest BCUT2D eigenvalue weighted by molar-refractivity contribution is 9.10. The molecule has 1 fully saturated rings. The summed E-state index contributed by atoms with van der Waals surface area (Å²) in [5, 5.41) is 7.69. The maximum Gasteiger partial charge on any atom is 0.170 e. The lowest BCUT2D eigenvalue weighted by Gasteiger charge is -2.10. The summed E-state index contributed by atoms with van der Waals surface area (Å²) in [6.07, 6.45) is 2.43. The molecule has 80 valence electrons. The van der Waals surface area contributed by atoms with E-state index in [1.165, 1.54) is 12.8 Å². The molecule has 0 saturated heterocycles. The smallest absolute Gasteiger partial charge is 0.170 e. The monoisotopic (exact) mass is 304 g/mol. The highest BCUT2D eigenvalue weighted by atomic mass is 79.9. The van der Waals surface area contributed by atoms with Crippen LogP contribution in [0.4, 0.5) is 5.69 Å². The van der Waals surface area contributed by atoms with E-state index in [0.29, 0.717) is 16.2 Å². The second-order valence-corrected chi connectivity index (χ2v) is 5.17. The SMILES string of the molecule is S=C(Nc1ccc(Cl)c(Br)c1)NC1CC1. The van der Waals surface area contributed by atoms with Crippen LogP contribution in [0.2, 0.25) is 5.02 Å². The second-order valence-electron chi connectivity index (χ2n) is 3.50. The van der Waals surface area contributed by atoms with Crippen LogP contribution < -0.4 is 10.6 Å². The van der Waals surface area contributed by atoms with Crippen molar-refractivity contribution in [2.24, 2.45) is 0 Å². The third-order valence-corrected chi connectivity index (χ3v) is 3.52. The maximum atomic E-state index is 5.89. The Hall–Kier alpha value is -0.320. The van der Waals surface area contributed by atoms with E-state index < -0.39 is 0 Å². The van der Waals surface area contributed by atoms with Gasteiger partial charge in [0.15, 0.2) is 5.11 Å². The molecule has 0 heterocycles. The topological polar surface area (TPSA) is 24.1 Å². The summed E-state index contributed by atoms with van der Waals surface area (Å²) in [7, 11) is 0. The normalized spacial score (nSPS) is 14.8. The van der Waals surface area contributed by atoms with Crippen LogP contribution in [-0.4, -0.2) is 11.2 Å². The van der Waals surface area contributed by atoms with Gasteiger partial charge in [0.25, 0.3) is 0 Å². The lowest BCUT2D eigenvalue weighted by Crippen LogP contribution is -2.30. The van der Waals surface area contributed by atoms with Gasteiger partial charge in [0.2, 0.25) is 0 Å². The number of anilines is 1. The molecular weight excluding hydrogens is 296 g/mol. The van der Waals surface area contributed by atoms with Crippen molar-refractivity contribution in [2.75, 3.05) is 5.32 Å². The Morgan fingerprint density at radius 3 is 2.80 bits per heavy atom. The average Bonchev–Trinajstić information content (AvgIpc) is 2.95. The minimum atomic E-state index is 0.570. The van der Waals surface area contributed by atoms with E-state index in [0.717, 1.165) is 10.2 Å². The van der Waals surface area contributed by atoms with Gasteiger partial charge in [-0.3, -0.25) is 0 Å². The number of benzene rings is 1. The largest absolute Gasteiger partial charge is 0.360 e. The Balaban J connectivity index is 1.97. The molecule has 2 N–H and O–H groups in total. The molecule has 1 saturated carbocycles. The van der Waals surface area contributed by atoms with Crippen LogP contribution in [0, 0.1) is 0 Å². The standard InChI is InChI=1S/C10H10BrClN2S/c11-8-5-7(3-4-9(8)12)14-10(15)13-6-1-2-6/h3-6H,1-2H2,(H2,13,14,15). The molecule has 1 aromatic rings. The van der Waals surface area contributed by atoms with Crippen molar-refractivity contribution in [3.05, 3.63) is 27.7 Å². The van der Waals surface area contributed by atoms with Gasteiger partial charge in [-0.2, -0.15) is 0 Å². The highest BCUT2D eigenvalue weighted by Crippen LogP contribution is 2.25. The van der Waals surface area contributed by atoms with E-state index in [1.54, 1.807) is 0 Å². The van der Waals surface area contributed by atoms with Gasteiger partial charge >= 0.3 is 0 Å². The van der Waals surface area contributed by atoms with Gasteiger partial charge in [-0.05, 0) is 59.2 Å². The Bertz CT molecular complexity index is 393. The molecule has 2 rings (SSSR count). The molecule has 0 amide bonds. The zero-order valence-corrected chi connectivity index (χ0v) is 11.0. The summed E-state index contributed by atoms with van der Waals surface area (Å²) in [6, 6.07) is 6.20. The molecule has 1 aliphatic rings. The molecule has 0 atom stereocenters. The molecule has 1 aliphatic carbocycles. The van der Waals surface area contributed by atoms with Crippen molar-refractivity contribution in [1.82, 2.24) is 5.32 Å². The highest BCUT2D eigenvalue weighted by Gasteiger charge is 2.21. The van der Waals surface area contributed by atoms with Crippen molar-refractivity contribution >= 4 is 50.5 Å². The molecule has 1 aromatic carbocycles. The second kappa shape index (κ2) is 4.68. The minimum absolute atomic E-state index is 0.570. The first-order chi connectivity index (χ1) is 7.15. The van der Waals surface area contributed by atoms with Crippen molar-refractivity contribution in [3.8, 4) is 0 Å². The molecule has 0 aliphatic heterocycles. The first-order valence-corrected chi connectivity index (χ1v) is 6.25. The third kappa shape index (κ3) is 3.33. The van der Waals surface area contributed by atoms with Gasteiger partial charge < -0.3 is 10.6 Å². The molecule has 0 radical (unpaired) electrons. The number of hydrogen-bond donors (Lipinski definition) is 2. The van der Waals surface area contributed by atoms with Crippen molar-refractivity contribution in [1.29, 1.82) is 0 Å². The van der Waals surface area contributed by atoms with Crippen molar-refractivity contribution < 1.29 is 0 Å². The lowest BCUT2D eigenvalue weighted by atomic mass is 10.3. The van der Waals surface area contributed by atoms with Crippen LogP contribution in [0.5, 0.6) is 0 Å². The van der Waals surface area contributed by atoms with E-state index in [2.05, 4.69) is 26.6 Å². The summed E-state index contributed by atoms with van der Waals surface area (Å²) in [5.74, 6) is 0. The first kappa shape index (κ1) is 11.2. The number of halogens is 2. The van der Waals surface area contributed by atoms with Crippen molar-refractivity contribution in [3.63, 3.8) is 0 Å². The molecule has 0 unspecified atom stereocenters. The predicted molar refractivity (Wildman–Crippen MR) is 71.5 cm³/mol. The predicted octanol–water partition coefficient (Wildman–Crippen LogP) is 3.55. The summed E-state index contributed by atoms with van der Waals surface area (Å²) in [4.78, 5) is 0. The summed E-state index contributed by atoms with van der Waals surface area (Å²) < 4.78 is 0.864. The van der Waals surface area contributed by atoms with Crippen LogP contribution >= 0.6 is 39.7 Å². The zero-order chi connectivity index (χ0) is 10.8. The van der Waals surface area contributed by atoms with E-state index in [4.69, 9.17) is 23.8 Å². The Labute approximate surface area is 108 Å². The maximum absolute atomic E-state index is 5.89. The summed E-state index contributed by atoms with van der Waals surface area (Å²) >= 11 is 14.4. The van der Waals surface area contributed by atoms with Crippen LogP contribution in [0.3, 0.4) is 0 Å². The number of hydrogen-bond acceptors (Lipinski definition) is 1. The van der Waals surface area contributed by atoms with Crippen LogP contribution in [0.25, 0.3) is 0 Å². The molecule has 0 aromatic heterocycles. The molecular formula is C10H10BrClN2S. The summed E-state index contributed by atoms with van der Waals surface area (Å²) in [6.45, 7) is 0. The Morgan fingerprint density at radius 2 is 2.20 bits per heavy atom. The van der Waals surface area contributed by atoms with E-state index in [9.17, 15) is 0 Å². The first-order valence-electron chi connectivity index (χ1n) is 4.68. The number of nitrogens with one attached hydrogen (secondary N) is 2. The molecule has 0 spiro atoms. The third-order valence-electron chi connectivity index (χ3n) is 2.09. The van der Waals surface area contributed by atoms with Crippen molar-refractivity contribution in [2.45, 2.75) is 18.9 Å². The fourth-order valence-electron chi connectivity index (χ4n) is 1.15. The molecule has 0 bridgehead atoms. The summed E-state index contributed by atoms with van der Waals surface area (Å²) in [5.41, 5.74) is 0.935. The van der Waals surface area contributed by atoms with Gasteiger partial charge in [-0.25, -0.2) is 0 Å². The van der Waals surface area contributed by atoms with Gasteiger partial charge in [0.1, 0.15) is 0 Å². The molecule has 2 nitrogen and oxygen atoms in total. The minimum Gasteiger partial charge on any atom is -0.360 e. The van der Waals surface area contributed by atoms with Crippen LogP contribution in [0.15, 0.2) is 22.7 Å². The molecule has 5 heteroatoms. The van der Waals surface area contributed by atoms with Gasteiger partial charge in [0.05, 0.1) is 5.02 Å². The Morgan fingerprint density at radius 1 is 1.47 bits per heavy atom. The zero-order valence-electron chi connectivity index (χ0n) is 7.89. The number of rotatable bonds is 2. The fourth-order valence-corrected chi connectivity index (χ4v) is 1.93. The van der Waals surface area contributed by atoms with Crippen LogP contribution in [0.1, 0.15) is 12.8 Å². The number of thiocarbonyl (C=S) groups is 1. The Kier molecular flexibility index (Phi) is 3.49. The molecule has 15 heavy (non-hydrogen) atoms. The van der Waals surface area contributed by atoms with E-state index in [-0.39, 0.29) is 0 Å². The van der Waals surface area contributed by atoms with E-state index in [1.807, 2.05) is 18.2 Å². The van der Waals surface area contributed by atoms with Gasteiger partial charge in [-0.15, -0.1) is 0 Å². The lowest BCUT2D eigenvalue weighted by molar-refractivity contribution is 0.919. The quantitative estimate of drug-likeness (QED) is 0.817. The average molecular weight is 306 g/mol.